The van der Waals surface area contributed by atoms with Crippen molar-refractivity contribution in [3.63, 3.8) is 0 Å². The second-order valence-electron chi connectivity index (χ2n) is 15.1. The minimum Gasteiger partial charge on any atom is -0.480 e. The van der Waals surface area contributed by atoms with Crippen LogP contribution < -0.4 is 10.6 Å². The number of allylic oxidation sites excluding steroid dienone is 8. The summed E-state index contributed by atoms with van der Waals surface area (Å²) in [6.45, 7) is 3.36. The number of unbranched alkanes of at least 4 members (excludes halogenated alkanes) is 18. The number of aliphatic hydroxyl groups excluding tert-OH is 1. The summed E-state index contributed by atoms with van der Waals surface area (Å²) >= 11 is 0. The molecule has 4 N–H and O–H groups in total. The monoisotopic (exact) mass is 787 g/mol. The highest BCUT2D eigenvalue weighted by Gasteiger charge is 2.19. The van der Waals surface area contributed by atoms with Crippen molar-refractivity contribution in [2.24, 2.45) is 0 Å². The molecule has 0 aliphatic heterocycles. The molecule has 0 aromatic carbocycles. The van der Waals surface area contributed by atoms with Gasteiger partial charge in [0.2, 0.25) is 11.8 Å². The van der Waals surface area contributed by atoms with Gasteiger partial charge in [0, 0.05) is 12.8 Å². The van der Waals surface area contributed by atoms with E-state index in [2.05, 4.69) is 73.1 Å². The molecule has 2 unspecified atom stereocenters. The van der Waals surface area contributed by atoms with Gasteiger partial charge in [-0.3, -0.25) is 14.4 Å². The van der Waals surface area contributed by atoms with Crippen molar-refractivity contribution in [1.82, 2.24) is 10.6 Å². The summed E-state index contributed by atoms with van der Waals surface area (Å²) in [6, 6.07) is -1.39. The van der Waals surface area contributed by atoms with E-state index in [9.17, 15) is 19.2 Å². The van der Waals surface area contributed by atoms with Gasteiger partial charge in [-0.15, -0.1) is 0 Å². The van der Waals surface area contributed by atoms with Crippen molar-refractivity contribution in [2.75, 3.05) is 13.2 Å². The van der Waals surface area contributed by atoms with Gasteiger partial charge in [0.05, 0.1) is 13.2 Å². The molecule has 0 aromatic heterocycles. The third-order valence-electron chi connectivity index (χ3n) is 9.81. The van der Waals surface area contributed by atoms with E-state index in [1.165, 1.54) is 70.6 Å². The summed E-state index contributed by atoms with van der Waals surface area (Å²) in [5.41, 5.74) is 0. The van der Waals surface area contributed by atoms with E-state index < -0.39 is 24.5 Å². The molecule has 0 bridgehead atoms. The van der Waals surface area contributed by atoms with E-state index in [4.69, 9.17) is 14.9 Å². The SMILES string of the molecule is CC/C=C\C/C=C\C/C=C\CCCCCCCCCC(=O)OC(CCC/C=C\CCCCCCCC)CCCCCCCC(=O)NCC(=O)NC(CO)C(=O)O. The molecule has 2 amide bonds. The summed E-state index contributed by atoms with van der Waals surface area (Å²) < 4.78 is 6.01. The maximum atomic E-state index is 12.8. The Bertz CT molecular complexity index is 1080. The molecular formula is C47H82N2O7. The normalized spacial score (nSPS) is 12.9. The quantitative estimate of drug-likeness (QED) is 0.0275. The molecule has 9 heteroatoms. The van der Waals surface area contributed by atoms with Crippen molar-refractivity contribution in [1.29, 1.82) is 0 Å². The molecule has 0 aliphatic rings. The Balaban J connectivity index is 4.32. The number of carbonyl (C=O) groups is 4. The Morgan fingerprint density at radius 1 is 0.554 bits per heavy atom. The van der Waals surface area contributed by atoms with Crippen LogP contribution in [0.3, 0.4) is 0 Å². The lowest BCUT2D eigenvalue weighted by molar-refractivity contribution is -0.150. The Hall–Kier alpha value is -3.20. The highest BCUT2D eigenvalue weighted by atomic mass is 16.5. The molecule has 0 heterocycles. The molecule has 56 heavy (non-hydrogen) atoms. The van der Waals surface area contributed by atoms with Gasteiger partial charge < -0.3 is 25.6 Å². The van der Waals surface area contributed by atoms with Crippen molar-refractivity contribution in [3.8, 4) is 0 Å². The largest absolute Gasteiger partial charge is 0.480 e. The molecule has 2 atom stereocenters. The van der Waals surface area contributed by atoms with E-state index in [0.717, 1.165) is 96.3 Å². The number of ether oxygens (including phenoxy) is 1. The summed E-state index contributed by atoms with van der Waals surface area (Å²) in [6.07, 6.45) is 48.5. The zero-order chi connectivity index (χ0) is 41.2. The van der Waals surface area contributed by atoms with Crippen LogP contribution in [-0.4, -0.2) is 59.3 Å². The van der Waals surface area contributed by atoms with Crippen LogP contribution in [0, 0.1) is 0 Å². The average molecular weight is 787 g/mol. The molecule has 0 saturated heterocycles. The van der Waals surface area contributed by atoms with E-state index in [1.807, 2.05) is 0 Å². The first-order chi connectivity index (χ1) is 27.3. The molecule has 0 aromatic rings. The lowest BCUT2D eigenvalue weighted by Gasteiger charge is -2.18. The highest BCUT2D eigenvalue weighted by molar-refractivity contribution is 5.87. The number of aliphatic hydroxyl groups is 1. The molecule has 322 valence electrons. The van der Waals surface area contributed by atoms with Crippen LogP contribution in [0.5, 0.6) is 0 Å². The van der Waals surface area contributed by atoms with Crippen LogP contribution in [0.15, 0.2) is 48.6 Å². The topological polar surface area (TPSA) is 142 Å². The van der Waals surface area contributed by atoms with Gasteiger partial charge in [0.15, 0.2) is 0 Å². The zero-order valence-electron chi connectivity index (χ0n) is 35.6. The Kier molecular flexibility index (Phi) is 39.1. The van der Waals surface area contributed by atoms with Crippen LogP contribution in [-0.2, 0) is 23.9 Å². The van der Waals surface area contributed by atoms with Crippen LogP contribution >= 0.6 is 0 Å². The van der Waals surface area contributed by atoms with Crippen LogP contribution in [0.4, 0.5) is 0 Å². The first-order valence-electron chi connectivity index (χ1n) is 22.5. The van der Waals surface area contributed by atoms with Gasteiger partial charge in [-0.1, -0.05) is 146 Å². The van der Waals surface area contributed by atoms with Crippen molar-refractivity contribution >= 4 is 23.8 Å². The summed E-state index contributed by atoms with van der Waals surface area (Å²) in [5.74, 6) is -2.32. The molecule has 0 spiro atoms. The number of amides is 2. The number of esters is 1. The van der Waals surface area contributed by atoms with E-state index in [0.29, 0.717) is 12.8 Å². The number of aliphatic carboxylic acids is 1. The van der Waals surface area contributed by atoms with Crippen molar-refractivity contribution < 1.29 is 34.1 Å². The second kappa shape index (κ2) is 41.4. The van der Waals surface area contributed by atoms with Gasteiger partial charge >= 0.3 is 11.9 Å². The predicted octanol–water partition coefficient (Wildman–Crippen LogP) is 11.2. The maximum absolute atomic E-state index is 12.8. The third-order valence-corrected chi connectivity index (χ3v) is 9.81. The van der Waals surface area contributed by atoms with E-state index >= 15 is 0 Å². The highest BCUT2D eigenvalue weighted by Crippen LogP contribution is 2.18. The average Bonchev–Trinajstić information content (AvgIpc) is 3.18. The van der Waals surface area contributed by atoms with E-state index in [1.54, 1.807) is 0 Å². The van der Waals surface area contributed by atoms with E-state index in [-0.39, 0.29) is 30.9 Å². The number of nitrogens with one attached hydrogen (secondary N) is 2. The van der Waals surface area contributed by atoms with Crippen molar-refractivity contribution in [3.05, 3.63) is 48.6 Å². The molecule has 0 saturated carbocycles. The van der Waals surface area contributed by atoms with Gasteiger partial charge in [-0.25, -0.2) is 4.79 Å². The van der Waals surface area contributed by atoms with Crippen LogP contribution in [0.1, 0.15) is 200 Å². The smallest absolute Gasteiger partial charge is 0.328 e. The lowest BCUT2D eigenvalue weighted by atomic mass is 10.0. The minimum atomic E-state index is -1.39. The summed E-state index contributed by atoms with van der Waals surface area (Å²) in [5, 5.41) is 22.6. The van der Waals surface area contributed by atoms with Gasteiger partial charge in [-0.2, -0.15) is 0 Å². The Morgan fingerprint density at radius 2 is 1.04 bits per heavy atom. The number of hydrogen-bond acceptors (Lipinski definition) is 6. The molecule has 0 fully saturated rings. The van der Waals surface area contributed by atoms with Crippen LogP contribution in [0.2, 0.25) is 0 Å². The first-order valence-corrected chi connectivity index (χ1v) is 22.5. The fourth-order valence-corrected chi connectivity index (χ4v) is 6.38. The minimum absolute atomic E-state index is 0.0500. The molecule has 0 aliphatic carbocycles. The molecular weight excluding hydrogens is 705 g/mol. The van der Waals surface area contributed by atoms with Crippen molar-refractivity contribution in [2.45, 2.75) is 212 Å². The number of carboxylic acids is 1. The first kappa shape index (κ1) is 52.8. The third kappa shape index (κ3) is 37.7. The van der Waals surface area contributed by atoms with Gasteiger partial charge in [-0.05, 0) is 89.9 Å². The molecule has 0 radical (unpaired) electrons. The lowest BCUT2D eigenvalue weighted by Crippen LogP contribution is -2.47. The number of rotatable bonds is 40. The fourth-order valence-electron chi connectivity index (χ4n) is 6.38. The summed E-state index contributed by atoms with van der Waals surface area (Å²) in [4.78, 5) is 47.6. The molecule has 9 nitrogen and oxygen atoms in total. The zero-order valence-corrected chi connectivity index (χ0v) is 35.6. The Morgan fingerprint density at radius 3 is 1.62 bits per heavy atom. The Labute approximate surface area is 341 Å². The maximum Gasteiger partial charge on any atom is 0.328 e. The van der Waals surface area contributed by atoms with Crippen LogP contribution in [0.25, 0.3) is 0 Å². The van der Waals surface area contributed by atoms with Gasteiger partial charge in [0.25, 0.3) is 0 Å². The number of carboxylic acid groups (broad SMARTS) is 1. The van der Waals surface area contributed by atoms with Gasteiger partial charge in [0.1, 0.15) is 12.1 Å². The standard InChI is InChI=1S/C47H82N2O7/c1-3-5-7-9-11-13-15-16-17-18-19-20-22-24-26-31-35-39-46(53)56-42(36-32-28-25-23-21-14-12-10-8-6-4-2)37-33-29-27-30-34-38-44(51)48-40-45(52)49-43(41-50)47(54)55/h5,7,11,13,16-17,23,25,42-43,50H,3-4,6,8-10,12,14-15,18-22,24,26-41H2,1-2H3,(H,48,51)(H,49,52)(H,54,55)/b7-5-,13-11-,17-16-,25-23-. The fraction of sp³-hybridized carbons (Fsp3) is 0.745. The number of hydrogen-bond donors (Lipinski definition) is 4. The molecule has 0 rings (SSSR count). The predicted molar refractivity (Wildman–Crippen MR) is 231 cm³/mol. The summed E-state index contributed by atoms with van der Waals surface area (Å²) in [7, 11) is 0. The number of carbonyl (C=O) groups excluding carboxylic acids is 3. The second-order valence-corrected chi connectivity index (χ2v) is 15.1.